The second kappa shape index (κ2) is 7.03. The van der Waals surface area contributed by atoms with Crippen LogP contribution in [-0.2, 0) is 11.2 Å². The van der Waals surface area contributed by atoms with Crippen molar-refractivity contribution in [2.45, 2.75) is 25.4 Å². The fraction of sp³-hybridized carbons (Fsp3) is 0.412. The normalized spacial score (nSPS) is 17.4. The molecule has 22 heavy (non-hydrogen) atoms. The molecule has 116 valence electrons. The van der Waals surface area contributed by atoms with Gasteiger partial charge in [-0.2, -0.15) is 0 Å². The SMILES string of the molecule is O=C(Cc1cccnc1)N1CCC(C(O)c2cccs2)CC1. The molecule has 2 aromatic heterocycles. The van der Waals surface area contributed by atoms with Crippen LogP contribution in [0.2, 0.25) is 0 Å². The molecule has 1 aliphatic heterocycles. The van der Waals surface area contributed by atoms with E-state index in [0.29, 0.717) is 6.42 Å². The molecule has 1 N–H and O–H groups in total. The minimum atomic E-state index is -0.393. The quantitative estimate of drug-likeness (QED) is 0.943. The van der Waals surface area contributed by atoms with Gasteiger partial charge in [0, 0.05) is 30.4 Å². The van der Waals surface area contributed by atoms with E-state index in [1.807, 2.05) is 34.5 Å². The highest BCUT2D eigenvalue weighted by Crippen LogP contribution is 2.32. The number of carbonyl (C=O) groups excluding carboxylic acids is 1. The summed E-state index contributed by atoms with van der Waals surface area (Å²) < 4.78 is 0. The van der Waals surface area contributed by atoms with Crippen molar-refractivity contribution in [3.8, 4) is 0 Å². The van der Waals surface area contributed by atoms with Gasteiger partial charge >= 0.3 is 0 Å². The van der Waals surface area contributed by atoms with Crippen molar-refractivity contribution in [2.24, 2.45) is 5.92 Å². The molecular weight excluding hydrogens is 296 g/mol. The van der Waals surface area contributed by atoms with Gasteiger partial charge in [0.05, 0.1) is 12.5 Å². The monoisotopic (exact) mass is 316 g/mol. The molecule has 0 radical (unpaired) electrons. The summed E-state index contributed by atoms with van der Waals surface area (Å²) in [4.78, 5) is 19.3. The smallest absolute Gasteiger partial charge is 0.227 e. The molecular formula is C17H20N2O2S. The van der Waals surface area contributed by atoms with E-state index in [2.05, 4.69) is 4.98 Å². The molecule has 1 aliphatic rings. The Kier molecular flexibility index (Phi) is 4.85. The van der Waals surface area contributed by atoms with E-state index in [-0.39, 0.29) is 11.8 Å². The van der Waals surface area contributed by atoms with Crippen molar-refractivity contribution >= 4 is 17.2 Å². The van der Waals surface area contributed by atoms with Crippen LogP contribution < -0.4 is 0 Å². The van der Waals surface area contributed by atoms with Crippen LogP contribution in [-0.4, -0.2) is 34.0 Å². The third-order valence-electron chi connectivity index (χ3n) is 4.25. The van der Waals surface area contributed by atoms with Gasteiger partial charge in [-0.25, -0.2) is 0 Å². The highest BCUT2D eigenvalue weighted by atomic mass is 32.1. The van der Waals surface area contributed by atoms with Crippen LogP contribution in [0.4, 0.5) is 0 Å². The number of hydrogen-bond donors (Lipinski definition) is 1. The molecule has 1 atom stereocenters. The van der Waals surface area contributed by atoms with Crippen molar-refractivity contribution in [1.29, 1.82) is 0 Å². The Morgan fingerprint density at radius 1 is 1.36 bits per heavy atom. The molecule has 3 heterocycles. The summed E-state index contributed by atoms with van der Waals surface area (Å²) in [6.45, 7) is 1.46. The van der Waals surface area contributed by atoms with Crippen molar-refractivity contribution < 1.29 is 9.90 Å². The number of likely N-dealkylation sites (tertiary alicyclic amines) is 1. The first-order valence-electron chi connectivity index (χ1n) is 7.62. The number of carbonyl (C=O) groups is 1. The van der Waals surface area contributed by atoms with Gasteiger partial charge in [-0.3, -0.25) is 9.78 Å². The predicted octanol–water partition coefficient (Wildman–Crippen LogP) is 2.66. The number of amides is 1. The highest BCUT2D eigenvalue weighted by Gasteiger charge is 2.28. The third kappa shape index (κ3) is 3.54. The van der Waals surface area contributed by atoms with Crippen LogP contribution in [0.25, 0.3) is 0 Å². The van der Waals surface area contributed by atoms with E-state index >= 15 is 0 Å². The molecule has 0 aromatic carbocycles. The minimum absolute atomic E-state index is 0.150. The van der Waals surface area contributed by atoms with Gasteiger partial charge in [0.25, 0.3) is 0 Å². The third-order valence-corrected chi connectivity index (χ3v) is 5.19. The van der Waals surface area contributed by atoms with Crippen LogP contribution in [0.1, 0.15) is 29.4 Å². The Bertz CT molecular complexity index is 592. The lowest BCUT2D eigenvalue weighted by atomic mass is 9.90. The molecule has 1 saturated heterocycles. The number of nitrogens with zero attached hydrogens (tertiary/aromatic N) is 2. The molecule has 0 aliphatic carbocycles. The summed E-state index contributed by atoms with van der Waals surface area (Å²) in [6.07, 6.45) is 5.19. The van der Waals surface area contributed by atoms with Crippen LogP contribution in [0, 0.1) is 5.92 Å². The lowest BCUT2D eigenvalue weighted by Crippen LogP contribution is -2.40. The number of rotatable bonds is 4. The van der Waals surface area contributed by atoms with E-state index in [0.717, 1.165) is 36.4 Å². The minimum Gasteiger partial charge on any atom is -0.387 e. The van der Waals surface area contributed by atoms with E-state index in [9.17, 15) is 9.90 Å². The molecule has 1 fully saturated rings. The summed E-state index contributed by atoms with van der Waals surface area (Å²) >= 11 is 1.60. The zero-order valence-electron chi connectivity index (χ0n) is 12.4. The number of aliphatic hydroxyl groups is 1. The lowest BCUT2D eigenvalue weighted by molar-refractivity contribution is -0.132. The fourth-order valence-electron chi connectivity index (χ4n) is 2.95. The van der Waals surface area contributed by atoms with Crippen LogP contribution >= 0.6 is 11.3 Å². The predicted molar refractivity (Wildman–Crippen MR) is 86.5 cm³/mol. The second-order valence-electron chi connectivity index (χ2n) is 5.72. The summed E-state index contributed by atoms with van der Waals surface area (Å²) in [5, 5.41) is 12.4. The summed E-state index contributed by atoms with van der Waals surface area (Å²) in [6, 6.07) is 7.73. The molecule has 3 rings (SSSR count). The Balaban J connectivity index is 1.52. The number of hydrogen-bond acceptors (Lipinski definition) is 4. The largest absolute Gasteiger partial charge is 0.387 e. The fourth-order valence-corrected chi connectivity index (χ4v) is 3.75. The zero-order chi connectivity index (χ0) is 15.4. The summed E-state index contributed by atoms with van der Waals surface area (Å²) in [7, 11) is 0. The number of thiophene rings is 1. The maximum absolute atomic E-state index is 12.3. The number of aliphatic hydroxyl groups excluding tert-OH is 1. The average molecular weight is 316 g/mol. The number of pyridine rings is 1. The van der Waals surface area contributed by atoms with Crippen LogP contribution in [0.15, 0.2) is 42.0 Å². The molecule has 1 amide bonds. The van der Waals surface area contributed by atoms with Gasteiger partial charge in [-0.05, 0) is 41.8 Å². The van der Waals surface area contributed by atoms with Crippen molar-refractivity contribution in [3.63, 3.8) is 0 Å². The maximum atomic E-state index is 12.3. The van der Waals surface area contributed by atoms with E-state index in [1.165, 1.54) is 0 Å². The molecule has 4 nitrogen and oxygen atoms in total. The zero-order valence-corrected chi connectivity index (χ0v) is 13.2. The lowest BCUT2D eigenvalue weighted by Gasteiger charge is -2.34. The average Bonchev–Trinajstić information content (AvgIpc) is 3.10. The summed E-state index contributed by atoms with van der Waals surface area (Å²) in [5.74, 6) is 0.401. The first-order valence-corrected chi connectivity index (χ1v) is 8.50. The molecule has 0 spiro atoms. The number of piperidine rings is 1. The summed E-state index contributed by atoms with van der Waals surface area (Å²) in [5.41, 5.74) is 0.952. The van der Waals surface area contributed by atoms with E-state index in [1.54, 1.807) is 23.7 Å². The Hall–Kier alpha value is -1.72. The Labute approximate surface area is 134 Å². The molecule has 1 unspecified atom stereocenters. The van der Waals surface area contributed by atoms with Gasteiger partial charge in [0.2, 0.25) is 5.91 Å². The van der Waals surface area contributed by atoms with Crippen LogP contribution in [0.3, 0.4) is 0 Å². The Morgan fingerprint density at radius 2 is 2.18 bits per heavy atom. The topological polar surface area (TPSA) is 53.4 Å². The molecule has 2 aromatic rings. The molecule has 5 heteroatoms. The van der Waals surface area contributed by atoms with Gasteiger partial charge in [-0.1, -0.05) is 12.1 Å². The van der Waals surface area contributed by atoms with Crippen molar-refractivity contribution in [1.82, 2.24) is 9.88 Å². The van der Waals surface area contributed by atoms with Crippen LogP contribution in [0.5, 0.6) is 0 Å². The van der Waals surface area contributed by atoms with Gasteiger partial charge in [-0.15, -0.1) is 11.3 Å². The Morgan fingerprint density at radius 3 is 2.82 bits per heavy atom. The van der Waals surface area contributed by atoms with Crippen molar-refractivity contribution in [2.75, 3.05) is 13.1 Å². The maximum Gasteiger partial charge on any atom is 0.227 e. The standard InChI is InChI=1S/C17H20N2O2S/c20-16(11-13-3-1-7-18-12-13)19-8-5-14(6-9-19)17(21)15-4-2-10-22-15/h1-4,7,10,12,14,17,21H,5-6,8-9,11H2. The highest BCUT2D eigenvalue weighted by molar-refractivity contribution is 7.10. The van der Waals surface area contributed by atoms with E-state index < -0.39 is 6.10 Å². The molecule has 0 bridgehead atoms. The molecule has 0 saturated carbocycles. The first kappa shape index (κ1) is 15.2. The van der Waals surface area contributed by atoms with Gasteiger partial charge in [0.1, 0.15) is 0 Å². The van der Waals surface area contributed by atoms with Crippen molar-refractivity contribution in [3.05, 3.63) is 52.5 Å². The van der Waals surface area contributed by atoms with E-state index in [4.69, 9.17) is 0 Å². The number of aromatic nitrogens is 1. The van der Waals surface area contributed by atoms with Gasteiger partial charge in [0.15, 0.2) is 0 Å². The van der Waals surface area contributed by atoms with Gasteiger partial charge < -0.3 is 10.0 Å². The first-order chi connectivity index (χ1) is 10.7. The second-order valence-corrected chi connectivity index (χ2v) is 6.70.